The molecule has 0 amide bonds. The molecular formula is C53H37N3O. The van der Waals surface area contributed by atoms with E-state index in [2.05, 4.69) is 128 Å². The molecule has 4 heteroatoms. The summed E-state index contributed by atoms with van der Waals surface area (Å²) in [4.78, 5) is 9.99. The molecule has 0 unspecified atom stereocenters. The van der Waals surface area contributed by atoms with Crippen LogP contribution < -0.4 is 0 Å². The van der Waals surface area contributed by atoms with Gasteiger partial charge in [-0.2, -0.15) is 0 Å². The number of nitrogens with one attached hydrogen (secondary N) is 1. The Bertz CT molecular complexity index is 3020. The van der Waals surface area contributed by atoms with E-state index in [9.17, 15) is 5.41 Å². The van der Waals surface area contributed by atoms with Gasteiger partial charge in [0.1, 0.15) is 11.3 Å². The van der Waals surface area contributed by atoms with Gasteiger partial charge in [-0.25, -0.2) is 9.98 Å². The molecule has 270 valence electrons. The molecule has 9 aromatic rings. The maximum Gasteiger partial charge on any atom is 0.161 e. The summed E-state index contributed by atoms with van der Waals surface area (Å²) in [6.45, 7) is 3.89. The van der Waals surface area contributed by atoms with Gasteiger partial charge in [-0.3, -0.25) is 5.41 Å². The lowest BCUT2D eigenvalue weighted by Gasteiger charge is -2.09. The first-order valence-corrected chi connectivity index (χ1v) is 18.9. The Balaban J connectivity index is 1.16. The van der Waals surface area contributed by atoms with E-state index in [0.717, 1.165) is 60.7 Å². The van der Waals surface area contributed by atoms with Crippen molar-refractivity contribution in [2.45, 2.75) is 0 Å². The maximum absolute atomic E-state index is 9.19. The first-order chi connectivity index (χ1) is 28.1. The van der Waals surface area contributed by atoms with Gasteiger partial charge in [0.25, 0.3) is 0 Å². The number of fused-ring (bicyclic) bond motifs is 3. The molecule has 1 heterocycles. The minimum Gasteiger partial charge on any atom is -0.456 e. The molecule has 0 spiro atoms. The molecular weight excluding hydrogens is 695 g/mol. The van der Waals surface area contributed by atoms with Crippen LogP contribution in [0.2, 0.25) is 0 Å². The van der Waals surface area contributed by atoms with Gasteiger partial charge in [-0.1, -0.05) is 189 Å². The predicted octanol–water partition coefficient (Wildman–Crippen LogP) is 13.8. The third-order valence-corrected chi connectivity index (χ3v) is 10.3. The number of benzene rings is 8. The van der Waals surface area contributed by atoms with Crippen molar-refractivity contribution in [3.63, 3.8) is 0 Å². The fourth-order valence-corrected chi connectivity index (χ4v) is 7.39. The third-order valence-electron chi connectivity index (χ3n) is 10.3. The zero-order chi connectivity index (χ0) is 38.6. The highest BCUT2D eigenvalue weighted by Gasteiger charge is 2.17. The van der Waals surface area contributed by atoms with Crippen LogP contribution in [0.3, 0.4) is 0 Å². The SMILES string of the molecule is C=C/C=C\c1oc2cccc(-c3ccc(-c4ccccc4)cc3)c2c1/C=N/C(=N\C(=N)c1ccc2ccccc2c1)c1ccc(-c2cccc3ccccc23)cc1. The lowest BCUT2D eigenvalue weighted by atomic mass is 9.96. The van der Waals surface area contributed by atoms with E-state index >= 15 is 0 Å². The summed E-state index contributed by atoms with van der Waals surface area (Å²) in [7, 11) is 0. The summed E-state index contributed by atoms with van der Waals surface area (Å²) in [6.07, 6.45) is 7.32. The molecule has 9 rings (SSSR count). The topological polar surface area (TPSA) is 61.7 Å². The van der Waals surface area contributed by atoms with Crippen molar-refractivity contribution in [3.8, 4) is 33.4 Å². The smallest absolute Gasteiger partial charge is 0.161 e. The molecule has 0 saturated heterocycles. The van der Waals surface area contributed by atoms with Gasteiger partial charge in [-0.15, -0.1) is 0 Å². The number of hydrogen-bond acceptors (Lipinski definition) is 2. The normalized spacial score (nSPS) is 12.0. The van der Waals surface area contributed by atoms with Crippen LogP contribution in [0, 0.1) is 5.41 Å². The first-order valence-electron chi connectivity index (χ1n) is 18.9. The molecule has 0 saturated carbocycles. The van der Waals surface area contributed by atoms with E-state index in [1.165, 1.54) is 16.3 Å². The molecule has 0 aliphatic heterocycles. The van der Waals surface area contributed by atoms with Crippen molar-refractivity contribution < 1.29 is 4.42 Å². The number of aliphatic imine (C=N–C) groups is 2. The average Bonchev–Trinajstić information content (AvgIpc) is 3.64. The van der Waals surface area contributed by atoms with Crippen molar-refractivity contribution in [3.05, 3.63) is 223 Å². The van der Waals surface area contributed by atoms with Gasteiger partial charge in [0.15, 0.2) is 11.7 Å². The lowest BCUT2D eigenvalue weighted by Crippen LogP contribution is -2.05. The average molecular weight is 732 g/mol. The zero-order valence-electron chi connectivity index (χ0n) is 31.1. The van der Waals surface area contributed by atoms with Gasteiger partial charge in [-0.05, 0) is 73.1 Å². The number of rotatable bonds is 8. The summed E-state index contributed by atoms with van der Waals surface area (Å²) in [6, 6.07) is 62.3. The van der Waals surface area contributed by atoms with E-state index in [1.807, 2.05) is 79.0 Å². The van der Waals surface area contributed by atoms with Crippen LogP contribution >= 0.6 is 0 Å². The van der Waals surface area contributed by atoms with E-state index < -0.39 is 0 Å². The van der Waals surface area contributed by atoms with E-state index in [1.54, 1.807) is 6.08 Å². The largest absolute Gasteiger partial charge is 0.456 e. The van der Waals surface area contributed by atoms with Crippen LogP contribution in [-0.2, 0) is 0 Å². The van der Waals surface area contributed by atoms with Crippen LogP contribution in [0.5, 0.6) is 0 Å². The quantitative estimate of drug-likeness (QED) is 0.0944. The predicted molar refractivity (Wildman–Crippen MR) is 241 cm³/mol. The van der Waals surface area contributed by atoms with Crippen LogP contribution in [-0.4, -0.2) is 17.9 Å². The van der Waals surface area contributed by atoms with E-state index in [4.69, 9.17) is 14.4 Å². The number of hydrogen-bond donors (Lipinski definition) is 1. The van der Waals surface area contributed by atoms with Crippen LogP contribution in [0.15, 0.2) is 215 Å². The number of nitrogens with zero attached hydrogens (tertiary/aromatic N) is 2. The van der Waals surface area contributed by atoms with Crippen molar-refractivity contribution in [1.29, 1.82) is 5.41 Å². The summed E-state index contributed by atoms with van der Waals surface area (Å²) in [5, 5.41) is 14.7. The second kappa shape index (κ2) is 15.6. The Hall–Kier alpha value is -7.69. The van der Waals surface area contributed by atoms with Crippen LogP contribution in [0.4, 0.5) is 0 Å². The fourth-order valence-electron chi connectivity index (χ4n) is 7.39. The third kappa shape index (κ3) is 7.16. The fraction of sp³-hybridized carbons (Fsp3) is 0. The number of furan rings is 1. The molecule has 1 N–H and O–H groups in total. The highest BCUT2D eigenvalue weighted by atomic mass is 16.3. The van der Waals surface area contributed by atoms with Crippen LogP contribution in [0.25, 0.3) is 72.0 Å². The molecule has 0 atom stereocenters. The minimum absolute atomic E-state index is 0.119. The number of allylic oxidation sites excluding steroid dienone is 2. The molecule has 1 aromatic heterocycles. The first kappa shape index (κ1) is 35.0. The van der Waals surface area contributed by atoms with E-state index in [-0.39, 0.29) is 5.84 Å². The highest BCUT2D eigenvalue weighted by molar-refractivity contribution is 6.16. The molecule has 0 radical (unpaired) electrons. The highest BCUT2D eigenvalue weighted by Crippen LogP contribution is 2.36. The van der Waals surface area contributed by atoms with Gasteiger partial charge in [0.05, 0.1) is 0 Å². The minimum atomic E-state index is 0.119. The van der Waals surface area contributed by atoms with Gasteiger partial charge in [0, 0.05) is 28.3 Å². The summed E-state index contributed by atoms with van der Waals surface area (Å²) in [5.41, 5.74) is 9.69. The Kier molecular flexibility index (Phi) is 9.58. The van der Waals surface area contributed by atoms with Gasteiger partial charge < -0.3 is 4.42 Å². The Morgan fingerprint density at radius 3 is 1.96 bits per heavy atom. The summed E-state index contributed by atoms with van der Waals surface area (Å²) in [5.74, 6) is 1.18. The monoisotopic (exact) mass is 731 g/mol. The second-order valence-electron chi connectivity index (χ2n) is 13.8. The van der Waals surface area contributed by atoms with Gasteiger partial charge >= 0.3 is 0 Å². The zero-order valence-corrected chi connectivity index (χ0v) is 31.1. The molecule has 0 aliphatic carbocycles. The van der Waals surface area contributed by atoms with E-state index in [0.29, 0.717) is 17.2 Å². The molecule has 4 nitrogen and oxygen atoms in total. The van der Waals surface area contributed by atoms with Crippen LogP contribution in [0.1, 0.15) is 22.5 Å². The Labute approximate surface area is 331 Å². The molecule has 0 fully saturated rings. The van der Waals surface area contributed by atoms with Crippen molar-refractivity contribution in [2.24, 2.45) is 9.98 Å². The molecule has 0 aliphatic rings. The van der Waals surface area contributed by atoms with Crippen molar-refractivity contribution >= 4 is 56.5 Å². The Morgan fingerprint density at radius 2 is 1.16 bits per heavy atom. The second-order valence-corrected chi connectivity index (χ2v) is 13.8. The summed E-state index contributed by atoms with van der Waals surface area (Å²) >= 11 is 0. The van der Waals surface area contributed by atoms with Crippen molar-refractivity contribution in [2.75, 3.05) is 0 Å². The summed E-state index contributed by atoms with van der Waals surface area (Å²) < 4.78 is 6.48. The molecule has 57 heavy (non-hydrogen) atoms. The number of amidine groups is 2. The molecule has 8 aromatic carbocycles. The maximum atomic E-state index is 9.19. The molecule has 0 bridgehead atoms. The van der Waals surface area contributed by atoms with Crippen molar-refractivity contribution in [1.82, 2.24) is 0 Å². The van der Waals surface area contributed by atoms with Gasteiger partial charge in [0.2, 0.25) is 0 Å². The standard InChI is InChI=1S/C53H37N3O/c1-2-3-22-49-48(51-47(21-12-23-50(51)57-49)41-27-24-38(25-28-41)36-13-5-4-6-14-36)35-55-53(56-52(54)44-33-26-37-15-7-8-17-43(37)34-44)42-31-29-40(30-32-42)46-20-11-18-39-16-9-10-19-45(39)46/h2-35,54H,1H2/b22-3-,54-52?,55-35+,56-53-. The Morgan fingerprint density at radius 1 is 0.544 bits per heavy atom. The lowest BCUT2D eigenvalue weighted by molar-refractivity contribution is 0.603.